The van der Waals surface area contributed by atoms with E-state index in [9.17, 15) is 14.0 Å². The molecule has 0 aliphatic rings. The summed E-state index contributed by atoms with van der Waals surface area (Å²) in [5.41, 5.74) is 1.10. The average molecular weight is 483 g/mol. The molecule has 0 saturated carbocycles. The normalized spacial score (nSPS) is 11.8. The Labute approximate surface area is 204 Å². The summed E-state index contributed by atoms with van der Waals surface area (Å²) in [6.07, 6.45) is 1.24. The first-order valence-corrected chi connectivity index (χ1v) is 11.6. The number of rotatable bonds is 11. The highest BCUT2D eigenvalue weighted by molar-refractivity contribution is 6.00. The topological polar surface area (TPSA) is 102 Å². The number of carbonyl (C=O) groups excluding carboxylic acids is 2. The number of halogens is 1. The van der Waals surface area contributed by atoms with E-state index in [0.717, 1.165) is 11.2 Å². The van der Waals surface area contributed by atoms with E-state index in [1.54, 1.807) is 24.3 Å². The molecule has 0 saturated heterocycles. The van der Waals surface area contributed by atoms with Gasteiger partial charge in [-0.15, -0.1) is 10.2 Å². The first-order valence-electron chi connectivity index (χ1n) is 11.6. The summed E-state index contributed by atoms with van der Waals surface area (Å²) in [5.74, 6) is 0.287. The van der Waals surface area contributed by atoms with Crippen LogP contribution in [0.15, 0.2) is 48.5 Å². The zero-order chi connectivity index (χ0) is 25.4. The molecule has 186 valence electrons. The molecule has 1 N–H and O–H groups in total. The molecule has 0 aliphatic heterocycles. The Morgan fingerprint density at radius 3 is 2.57 bits per heavy atom. The number of methoxy groups -OCH3 is 1. The fraction of sp³-hybridized carbons (Fsp3) is 0.400. The van der Waals surface area contributed by atoms with Crippen LogP contribution < -0.4 is 15.0 Å². The third-order valence-corrected chi connectivity index (χ3v) is 5.45. The van der Waals surface area contributed by atoms with Crippen LogP contribution in [0.1, 0.15) is 33.6 Å². The Morgan fingerprint density at radius 2 is 1.91 bits per heavy atom. The number of hydrogen-bond acceptors (Lipinski definition) is 6. The van der Waals surface area contributed by atoms with E-state index in [1.165, 1.54) is 36.3 Å². The summed E-state index contributed by atoms with van der Waals surface area (Å²) in [7, 11) is 1.54. The molecule has 35 heavy (non-hydrogen) atoms. The molecular weight excluding hydrogens is 451 g/mol. The molecule has 10 heteroatoms. The van der Waals surface area contributed by atoms with Crippen LogP contribution in [0, 0.1) is 11.7 Å². The van der Waals surface area contributed by atoms with Gasteiger partial charge in [-0.2, -0.15) is 4.80 Å². The SMILES string of the molecule is CCC(C(=O)NCCC(C)C)N(C(=O)Cn1nnc(-c2ccc(F)cc2)n1)c1cccc(OC)c1. The Morgan fingerprint density at radius 1 is 1.17 bits per heavy atom. The number of carbonyl (C=O) groups is 2. The summed E-state index contributed by atoms with van der Waals surface area (Å²) >= 11 is 0. The molecule has 0 fully saturated rings. The maximum absolute atomic E-state index is 13.5. The van der Waals surface area contributed by atoms with Crippen molar-refractivity contribution in [1.82, 2.24) is 25.5 Å². The van der Waals surface area contributed by atoms with Gasteiger partial charge in [-0.05, 0) is 60.4 Å². The maximum atomic E-state index is 13.5. The van der Waals surface area contributed by atoms with E-state index in [0.29, 0.717) is 35.9 Å². The lowest BCUT2D eigenvalue weighted by Crippen LogP contribution is -2.51. The van der Waals surface area contributed by atoms with Crippen LogP contribution in [0.4, 0.5) is 10.1 Å². The second-order valence-corrected chi connectivity index (χ2v) is 8.51. The minimum absolute atomic E-state index is 0.233. The monoisotopic (exact) mass is 482 g/mol. The third kappa shape index (κ3) is 6.84. The van der Waals surface area contributed by atoms with Crippen LogP contribution in [0.25, 0.3) is 11.4 Å². The Bertz CT molecular complexity index is 1130. The fourth-order valence-electron chi connectivity index (χ4n) is 3.57. The number of aromatic nitrogens is 4. The Kier molecular flexibility index (Phi) is 8.88. The van der Waals surface area contributed by atoms with Crippen LogP contribution in [-0.2, 0) is 16.1 Å². The van der Waals surface area contributed by atoms with E-state index < -0.39 is 6.04 Å². The molecular formula is C25H31FN6O3. The van der Waals surface area contributed by atoms with Crippen molar-refractivity contribution < 1.29 is 18.7 Å². The highest BCUT2D eigenvalue weighted by Gasteiger charge is 2.30. The molecule has 1 heterocycles. The lowest BCUT2D eigenvalue weighted by Gasteiger charge is -2.30. The first-order chi connectivity index (χ1) is 16.8. The molecule has 9 nitrogen and oxygen atoms in total. The number of nitrogens with zero attached hydrogens (tertiary/aromatic N) is 5. The van der Waals surface area contributed by atoms with Crippen molar-refractivity contribution >= 4 is 17.5 Å². The lowest BCUT2D eigenvalue weighted by atomic mass is 10.1. The van der Waals surface area contributed by atoms with E-state index in [2.05, 4.69) is 34.6 Å². The van der Waals surface area contributed by atoms with E-state index in [-0.39, 0.29) is 30.0 Å². The minimum atomic E-state index is -0.734. The van der Waals surface area contributed by atoms with Gasteiger partial charge in [0.2, 0.25) is 11.7 Å². The van der Waals surface area contributed by atoms with Crippen molar-refractivity contribution in [2.45, 2.75) is 46.2 Å². The Hall–Kier alpha value is -3.82. The van der Waals surface area contributed by atoms with Gasteiger partial charge in [-0.1, -0.05) is 26.8 Å². The Balaban J connectivity index is 1.86. The van der Waals surface area contributed by atoms with Crippen molar-refractivity contribution in [1.29, 1.82) is 0 Å². The van der Waals surface area contributed by atoms with Crippen LogP contribution in [0.2, 0.25) is 0 Å². The standard InChI is InChI=1S/C25H31FN6O3/c1-5-22(25(34)27-14-13-17(2)3)32(20-7-6-8-21(15-20)35-4)23(33)16-31-29-24(28-30-31)18-9-11-19(26)12-10-18/h6-12,15,17,22H,5,13-14,16H2,1-4H3,(H,27,34). The van der Waals surface area contributed by atoms with Crippen molar-refractivity contribution in [2.75, 3.05) is 18.6 Å². The van der Waals surface area contributed by atoms with Gasteiger partial charge in [0.15, 0.2) is 0 Å². The predicted molar refractivity (Wildman–Crippen MR) is 130 cm³/mol. The van der Waals surface area contributed by atoms with Gasteiger partial charge in [0.1, 0.15) is 24.2 Å². The van der Waals surface area contributed by atoms with Gasteiger partial charge in [0.25, 0.3) is 5.91 Å². The largest absolute Gasteiger partial charge is 0.497 e. The third-order valence-electron chi connectivity index (χ3n) is 5.45. The molecule has 0 spiro atoms. The molecule has 1 aromatic heterocycles. The van der Waals surface area contributed by atoms with Crippen molar-refractivity contribution in [3.05, 3.63) is 54.3 Å². The smallest absolute Gasteiger partial charge is 0.251 e. The molecule has 1 atom stereocenters. The van der Waals surface area contributed by atoms with Crippen molar-refractivity contribution in [2.24, 2.45) is 5.92 Å². The van der Waals surface area contributed by atoms with Gasteiger partial charge < -0.3 is 10.1 Å². The minimum Gasteiger partial charge on any atom is -0.497 e. The van der Waals surface area contributed by atoms with Gasteiger partial charge in [0.05, 0.1) is 7.11 Å². The molecule has 2 aromatic carbocycles. The van der Waals surface area contributed by atoms with E-state index in [4.69, 9.17) is 4.74 Å². The quantitative estimate of drug-likeness (QED) is 0.449. The van der Waals surface area contributed by atoms with Crippen molar-refractivity contribution in [3.8, 4) is 17.1 Å². The zero-order valence-electron chi connectivity index (χ0n) is 20.4. The number of anilines is 1. The number of hydrogen-bond donors (Lipinski definition) is 1. The first kappa shape index (κ1) is 25.8. The fourth-order valence-corrected chi connectivity index (χ4v) is 3.57. The second-order valence-electron chi connectivity index (χ2n) is 8.51. The summed E-state index contributed by atoms with van der Waals surface area (Å²) in [4.78, 5) is 29.2. The van der Waals surface area contributed by atoms with E-state index >= 15 is 0 Å². The lowest BCUT2D eigenvalue weighted by molar-refractivity contribution is -0.127. The number of ether oxygens (including phenoxy) is 1. The van der Waals surface area contributed by atoms with Gasteiger partial charge in [0, 0.05) is 23.9 Å². The predicted octanol–water partition coefficient (Wildman–Crippen LogP) is 3.46. The molecule has 0 aliphatic carbocycles. The van der Waals surface area contributed by atoms with Crippen molar-refractivity contribution in [3.63, 3.8) is 0 Å². The molecule has 3 aromatic rings. The molecule has 0 radical (unpaired) electrons. The zero-order valence-corrected chi connectivity index (χ0v) is 20.4. The number of tetrazole rings is 1. The van der Waals surface area contributed by atoms with Crippen LogP contribution in [0.5, 0.6) is 5.75 Å². The summed E-state index contributed by atoms with van der Waals surface area (Å²) in [6.45, 7) is 6.31. The second kappa shape index (κ2) is 12.0. The van der Waals surface area contributed by atoms with Crippen LogP contribution >= 0.6 is 0 Å². The number of amides is 2. The van der Waals surface area contributed by atoms with Gasteiger partial charge in [-0.25, -0.2) is 4.39 Å². The number of benzene rings is 2. The van der Waals surface area contributed by atoms with Crippen LogP contribution in [-0.4, -0.2) is 51.7 Å². The average Bonchev–Trinajstić information content (AvgIpc) is 3.30. The highest BCUT2D eigenvalue weighted by atomic mass is 19.1. The summed E-state index contributed by atoms with van der Waals surface area (Å²) in [6, 6.07) is 11.9. The van der Waals surface area contributed by atoms with Gasteiger partial charge >= 0.3 is 0 Å². The van der Waals surface area contributed by atoms with Gasteiger partial charge in [-0.3, -0.25) is 14.5 Å². The number of nitrogens with one attached hydrogen (secondary N) is 1. The van der Waals surface area contributed by atoms with E-state index in [1.807, 2.05) is 6.92 Å². The summed E-state index contributed by atoms with van der Waals surface area (Å²) < 4.78 is 18.5. The van der Waals surface area contributed by atoms with Crippen LogP contribution in [0.3, 0.4) is 0 Å². The summed E-state index contributed by atoms with van der Waals surface area (Å²) in [5, 5.41) is 15.2. The molecule has 1 unspecified atom stereocenters. The maximum Gasteiger partial charge on any atom is 0.251 e. The highest BCUT2D eigenvalue weighted by Crippen LogP contribution is 2.25. The molecule has 2 amide bonds. The molecule has 0 bridgehead atoms. The molecule has 3 rings (SSSR count).